The van der Waals surface area contributed by atoms with Crippen molar-refractivity contribution < 1.29 is 0 Å². The van der Waals surface area contributed by atoms with Crippen LogP contribution in [0.15, 0.2) is 0 Å². The number of hydrogen-bond donors (Lipinski definition) is 1. The van der Waals surface area contributed by atoms with Gasteiger partial charge in [0, 0.05) is 18.3 Å². The van der Waals surface area contributed by atoms with Crippen molar-refractivity contribution in [3.8, 4) is 0 Å². The zero-order valence-corrected chi connectivity index (χ0v) is 9.00. The van der Waals surface area contributed by atoms with Crippen molar-refractivity contribution in [3.05, 3.63) is 0 Å². The standard InChI is InChI=1S/C9H21NS/c1-8(2)7-9(3)10-5-6-11-4/h8-10H,5-7H2,1-4H3. The summed E-state index contributed by atoms with van der Waals surface area (Å²) in [5, 5.41) is 3.49. The minimum atomic E-state index is 0.683. The lowest BCUT2D eigenvalue weighted by Crippen LogP contribution is -2.29. The van der Waals surface area contributed by atoms with Gasteiger partial charge in [-0.05, 0) is 25.5 Å². The quantitative estimate of drug-likeness (QED) is 0.622. The number of hydrogen-bond acceptors (Lipinski definition) is 2. The van der Waals surface area contributed by atoms with Gasteiger partial charge in [-0.1, -0.05) is 13.8 Å². The molecular formula is C9H21NS. The highest BCUT2D eigenvalue weighted by molar-refractivity contribution is 7.98. The predicted octanol–water partition coefficient (Wildman–Crippen LogP) is 2.37. The second-order valence-electron chi connectivity index (χ2n) is 3.48. The fraction of sp³-hybridized carbons (Fsp3) is 1.00. The molecule has 0 aliphatic carbocycles. The van der Waals surface area contributed by atoms with E-state index < -0.39 is 0 Å². The summed E-state index contributed by atoms with van der Waals surface area (Å²) in [6, 6.07) is 0.683. The molecule has 0 fully saturated rings. The lowest BCUT2D eigenvalue weighted by molar-refractivity contribution is 0.452. The molecule has 0 aliphatic heterocycles. The second-order valence-corrected chi connectivity index (χ2v) is 4.46. The summed E-state index contributed by atoms with van der Waals surface area (Å²) in [5.74, 6) is 2.04. The van der Waals surface area contributed by atoms with Crippen LogP contribution in [0.25, 0.3) is 0 Å². The number of rotatable bonds is 6. The van der Waals surface area contributed by atoms with E-state index in [0.717, 1.165) is 12.5 Å². The van der Waals surface area contributed by atoms with Gasteiger partial charge in [0.25, 0.3) is 0 Å². The zero-order chi connectivity index (χ0) is 8.69. The third kappa shape index (κ3) is 8.21. The Kier molecular flexibility index (Phi) is 7.18. The first-order valence-electron chi connectivity index (χ1n) is 4.39. The number of nitrogens with one attached hydrogen (secondary N) is 1. The maximum Gasteiger partial charge on any atom is 0.00554 e. The molecule has 0 bridgehead atoms. The van der Waals surface area contributed by atoms with Gasteiger partial charge in [-0.2, -0.15) is 11.8 Å². The van der Waals surface area contributed by atoms with Crippen molar-refractivity contribution in [2.45, 2.75) is 33.2 Å². The topological polar surface area (TPSA) is 12.0 Å². The molecular weight excluding hydrogens is 154 g/mol. The van der Waals surface area contributed by atoms with Crippen LogP contribution in [0.5, 0.6) is 0 Å². The Hall–Kier alpha value is 0.310. The summed E-state index contributed by atoms with van der Waals surface area (Å²) < 4.78 is 0. The van der Waals surface area contributed by atoms with Crippen LogP contribution in [-0.2, 0) is 0 Å². The lowest BCUT2D eigenvalue weighted by atomic mass is 10.1. The molecule has 0 aromatic carbocycles. The number of thioether (sulfide) groups is 1. The largest absolute Gasteiger partial charge is 0.313 e. The van der Waals surface area contributed by atoms with E-state index in [1.54, 1.807) is 0 Å². The molecule has 1 N–H and O–H groups in total. The first kappa shape index (κ1) is 11.3. The van der Waals surface area contributed by atoms with Crippen molar-refractivity contribution in [1.82, 2.24) is 5.32 Å². The van der Waals surface area contributed by atoms with E-state index in [-0.39, 0.29) is 0 Å². The molecule has 2 heteroatoms. The molecule has 0 aliphatic rings. The van der Waals surface area contributed by atoms with E-state index in [0.29, 0.717) is 6.04 Å². The van der Waals surface area contributed by atoms with Crippen LogP contribution in [0.1, 0.15) is 27.2 Å². The van der Waals surface area contributed by atoms with E-state index in [1.807, 2.05) is 11.8 Å². The molecule has 0 aromatic rings. The highest BCUT2D eigenvalue weighted by atomic mass is 32.2. The van der Waals surface area contributed by atoms with Crippen molar-refractivity contribution in [1.29, 1.82) is 0 Å². The van der Waals surface area contributed by atoms with E-state index in [9.17, 15) is 0 Å². The molecule has 1 unspecified atom stereocenters. The molecule has 0 radical (unpaired) electrons. The fourth-order valence-corrected chi connectivity index (χ4v) is 1.52. The third-order valence-electron chi connectivity index (χ3n) is 1.62. The van der Waals surface area contributed by atoms with Gasteiger partial charge in [-0.25, -0.2) is 0 Å². The normalized spacial score (nSPS) is 13.9. The third-order valence-corrected chi connectivity index (χ3v) is 2.24. The van der Waals surface area contributed by atoms with Gasteiger partial charge in [-0.15, -0.1) is 0 Å². The smallest absolute Gasteiger partial charge is 0.00554 e. The van der Waals surface area contributed by atoms with Crippen LogP contribution in [0.2, 0.25) is 0 Å². The predicted molar refractivity (Wildman–Crippen MR) is 55.3 cm³/mol. The molecule has 1 atom stereocenters. The fourth-order valence-electron chi connectivity index (χ4n) is 1.20. The molecule has 0 saturated carbocycles. The highest BCUT2D eigenvalue weighted by Crippen LogP contribution is 2.03. The van der Waals surface area contributed by atoms with Crippen LogP contribution in [0.4, 0.5) is 0 Å². The van der Waals surface area contributed by atoms with Gasteiger partial charge >= 0.3 is 0 Å². The lowest BCUT2D eigenvalue weighted by Gasteiger charge is -2.15. The molecule has 11 heavy (non-hydrogen) atoms. The van der Waals surface area contributed by atoms with Crippen molar-refractivity contribution in [2.75, 3.05) is 18.6 Å². The summed E-state index contributed by atoms with van der Waals surface area (Å²) in [6.45, 7) is 7.95. The van der Waals surface area contributed by atoms with Crippen LogP contribution in [0, 0.1) is 5.92 Å². The van der Waals surface area contributed by atoms with E-state index in [4.69, 9.17) is 0 Å². The van der Waals surface area contributed by atoms with Gasteiger partial charge in [0.1, 0.15) is 0 Å². The Morgan fingerprint density at radius 2 is 1.91 bits per heavy atom. The summed E-state index contributed by atoms with van der Waals surface area (Å²) in [6.07, 6.45) is 3.43. The highest BCUT2D eigenvalue weighted by Gasteiger charge is 2.02. The zero-order valence-electron chi connectivity index (χ0n) is 8.18. The van der Waals surface area contributed by atoms with Gasteiger partial charge in [0.2, 0.25) is 0 Å². The van der Waals surface area contributed by atoms with Gasteiger partial charge in [0.15, 0.2) is 0 Å². The van der Waals surface area contributed by atoms with E-state index in [1.165, 1.54) is 12.2 Å². The van der Waals surface area contributed by atoms with Crippen LogP contribution in [-0.4, -0.2) is 24.6 Å². The Morgan fingerprint density at radius 3 is 2.36 bits per heavy atom. The van der Waals surface area contributed by atoms with E-state index in [2.05, 4.69) is 32.3 Å². The molecule has 0 saturated heterocycles. The maximum absolute atomic E-state index is 3.49. The maximum atomic E-state index is 3.49. The monoisotopic (exact) mass is 175 g/mol. The molecule has 0 amide bonds. The van der Waals surface area contributed by atoms with Crippen LogP contribution >= 0.6 is 11.8 Å². The minimum Gasteiger partial charge on any atom is -0.313 e. The first-order valence-corrected chi connectivity index (χ1v) is 5.78. The Bertz CT molecular complexity index is 83.6. The van der Waals surface area contributed by atoms with Gasteiger partial charge in [0.05, 0.1) is 0 Å². The minimum absolute atomic E-state index is 0.683. The van der Waals surface area contributed by atoms with E-state index >= 15 is 0 Å². The Balaban J connectivity index is 3.15. The summed E-state index contributed by atoms with van der Waals surface area (Å²) in [5.41, 5.74) is 0. The van der Waals surface area contributed by atoms with Crippen molar-refractivity contribution >= 4 is 11.8 Å². The Morgan fingerprint density at radius 1 is 1.27 bits per heavy atom. The molecule has 68 valence electrons. The molecule has 0 heterocycles. The molecule has 0 aromatic heterocycles. The Labute approximate surface area is 75.3 Å². The average molecular weight is 175 g/mol. The summed E-state index contributed by atoms with van der Waals surface area (Å²) >= 11 is 1.90. The molecule has 1 nitrogen and oxygen atoms in total. The second kappa shape index (κ2) is 6.99. The molecule has 0 spiro atoms. The van der Waals surface area contributed by atoms with Crippen LogP contribution in [0.3, 0.4) is 0 Å². The molecule has 0 rings (SSSR count). The van der Waals surface area contributed by atoms with Crippen LogP contribution < -0.4 is 5.32 Å². The van der Waals surface area contributed by atoms with Gasteiger partial charge < -0.3 is 5.32 Å². The SMILES string of the molecule is CSCCNC(C)CC(C)C. The van der Waals surface area contributed by atoms with Gasteiger partial charge in [-0.3, -0.25) is 0 Å². The first-order chi connectivity index (χ1) is 5.16. The average Bonchev–Trinajstić information content (AvgIpc) is 1.86. The summed E-state index contributed by atoms with van der Waals surface area (Å²) in [4.78, 5) is 0. The van der Waals surface area contributed by atoms with Crippen molar-refractivity contribution in [3.63, 3.8) is 0 Å². The van der Waals surface area contributed by atoms with Crippen molar-refractivity contribution in [2.24, 2.45) is 5.92 Å². The summed E-state index contributed by atoms with van der Waals surface area (Å²) in [7, 11) is 0.